The maximum atomic E-state index is 12.0. The topological polar surface area (TPSA) is 120 Å². The van der Waals surface area contributed by atoms with Crippen LogP contribution in [0.25, 0.3) is 0 Å². The Morgan fingerprint density at radius 3 is 2.55 bits per heavy atom. The summed E-state index contributed by atoms with van der Waals surface area (Å²) in [6, 6.07) is 9.63. The maximum Gasteiger partial charge on any atom is 0.237 e. The Labute approximate surface area is 132 Å². The summed E-state index contributed by atoms with van der Waals surface area (Å²) in [5.41, 5.74) is 17.6. The second kappa shape index (κ2) is 9.78. The van der Waals surface area contributed by atoms with Gasteiger partial charge >= 0.3 is 0 Å². The van der Waals surface area contributed by atoms with E-state index in [1.807, 2.05) is 37.3 Å². The molecule has 0 aromatic heterocycles. The van der Waals surface area contributed by atoms with Crippen molar-refractivity contribution in [3.05, 3.63) is 35.9 Å². The minimum Gasteiger partial charge on any atom is -0.370 e. The second-order valence-electron chi connectivity index (χ2n) is 5.51. The largest absolute Gasteiger partial charge is 0.370 e. The Morgan fingerprint density at radius 1 is 1.23 bits per heavy atom. The third-order valence-electron chi connectivity index (χ3n) is 3.33. The highest BCUT2D eigenvalue weighted by atomic mass is 16.2. The van der Waals surface area contributed by atoms with Crippen LogP contribution >= 0.6 is 0 Å². The van der Waals surface area contributed by atoms with Crippen molar-refractivity contribution in [2.75, 3.05) is 6.54 Å². The molecule has 0 saturated heterocycles. The van der Waals surface area contributed by atoms with Crippen molar-refractivity contribution < 1.29 is 4.79 Å². The van der Waals surface area contributed by atoms with Crippen LogP contribution in [-0.4, -0.2) is 30.5 Å². The Hall–Kier alpha value is -2.08. The average Bonchev–Trinajstić information content (AvgIpc) is 2.47. The first-order valence-electron chi connectivity index (χ1n) is 7.64. The number of hydrogen-bond donors (Lipinski definition) is 4. The van der Waals surface area contributed by atoms with E-state index in [9.17, 15) is 4.79 Å². The van der Waals surface area contributed by atoms with E-state index in [0.717, 1.165) is 19.3 Å². The molecule has 0 fully saturated rings. The first-order chi connectivity index (χ1) is 10.5. The van der Waals surface area contributed by atoms with Gasteiger partial charge in [0.15, 0.2) is 5.96 Å². The monoisotopic (exact) mass is 305 g/mol. The van der Waals surface area contributed by atoms with Gasteiger partial charge in [0.2, 0.25) is 5.91 Å². The van der Waals surface area contributed by atoms with Crippen molar-refractivity contribution in [2.45, 2.75) is 44.7 Å². The highest BCUT2D eigenvalue weighted by Gasteiger charge is 2.15. The van der Waals surface area contributed by atoms with Crippen molar-refractivity contribution in [2.24, 2.45) is 22.2 Å². The molecular weight excluding hydrogens is 278 g/mol. The number of amides is 1. The Bertz CT molecular complexity index is 471. The van der Waals surface area contributed by atoms with Crippen molar-refractivity contribution in [3.8, 4) is 0 Å². The van der Waals surface area contributed by atoms with Crippen LogP contribution < -0.4 is 22.5 Å². The fourth-order valence-corrected chi connectivity index (χ4v) is 2.18. The lowest BCUT2D eigenvalue weighted by molar-refractivity contribution is -0.123. The molecule has 1 rings (SSSR count). The number of nitrogens with zero attached hydrogens (tertiary/aromatic N) is 1. The highest BCUT2D eigenvalue weighted by Crippen LogP contribution is 2.04. The summed E-state index contributed by atoms with van der Waals surface area (Å²) in [7, 11) is 0. The van der Waals surface area contributed by atoms with E-state index in [1.54, 1.807) is 0 Å². The van der Waals surface area contributed by atoms with Crippen molar-refractivity contribution in [1.29, 1.82) is 0 Å². The molecule has 0 aliphatic carbocycles. The first-order valence-corrected chi connectivity index (χ1v) is 7.64. The van der Waals surface area contributed by atoms with Crippen molar-refractivity contribution in [3.63, 3.8) is 0 Å². The van der Waals surface area contributed by atoms with Gasteiger partial charge in [-0.3, -0.25) is 9.79 Å². The van der Waals surface area contributed by atoms with Gasteiger partial charge in [-0.1, -0.05) is 30.3 Å². The summed E-state index contributed by atoms with van der Waals surface area (Å²) >= 11 is 0. The van der Waals surface area contributed by atoms with E-state index in [2.05, 4.69) is 10.3 Å². The van der Waals surface area contributed by atoms with Gasteiger partial charge in [-0.15, -0.1) is 0 Å². The number of carbonyl (C=O) groups excluding carboxylic acids is 1. The number of unbranched alkanes of at least 4 members (excludes halogenated alkanes) is 1. The standard InChI is InChI=1S/C16H27N5O/c1-12(11-13-7-3-2-4-8-13)21-15(22)14(17)9-5-6-10-20-16(18)19/h2-4,7-8,12,14H,5-6,9-11,17H2,1H3,(H,21,22)(H4,18,19,20)/t12-,14+/m1/s1. The third-order valence-corrected chi connectivity index (χ3v) is 3.33. The Morgan fingerprint density at radius 2 is 1.91 bits per heavy atom. The molecule has 0 unspecified atom stereocenters. The summed E-state index contributed by atoms with van der Waals surface area (Å²) < 4.78 is 0. The molecule has 6 nitrogen and oxygen atoms in total. The summed E-state index contributed by atoms with van der Waals surface area (Å²) in [6.45, 7) is 2.55. The quantitative estimate of drug-likeness (QED) is 0.302. The molecule has 2 atom stereocenters. The Kier molecular flexibility index (Phi) is 7.99. The molecule has 122 valence electrons. The molecule has 1 aromatic rings. The molecule has 6 heteroatoms. The van der Waals surface area contributed by atoms with E-state index < -0.39 is 6.04 Å². The number of benzene rings is 1. The number of hydrogen-bond acceptors (Lipinski definition) is 3. The van der Waals surface area contributed by atoms with Crippen molar-refractivity contribution in [1.82, 2.24) is 5.32 Å². The number of carbonyl (C=O) groups is 1. The Balaban J connectivity index is 2.24. The van der Waals surface area contributed by atoms with Gasteiger partial charge in [0.1, 0.15) is 0 Å². The minimum absolute atomic E-state index is 0.0580. The van der Waals surface area contributed by atoms with Gasteiger partial charge in [-0.05, 0) is 38.2 Å². The number of nitrogens with one attached hydrogen (secondary N) is 1. The smallest absolute Gasteiger partial charge is 0.237 e. The van der Waals surface area contributed by atoms with Crippen LogP contribution in [0.3, 0.4) is 0 Å². The summed E-state index contributed by atoms with van der Waals surface area (Å²) in [4.78, 5) is 15.9. The van der Waals surface area contributed by atoms with Gasteiger partial charge in [-0.2, -0.15) is 0 Å². The second-order valence-corrected chi connectivity index (χ2v) is 5.51. The third kappa shape index (κ3) is 7.64. The van der Waals surface area contributed by atoms with Crippen LogP contribution in [0.1, 0.15) is 31.7 Å². The van der Waals surface area contributed by atoms with E-state index in [0.29, 0.717) is 13.0 Å². The van der Waals surface area contributed by atoms with Crippen LogP contribution in [0.2, 0.25) is 0 Å². The van der Waals surface area contributed by atoms with Gasteiger partial charge in [-0.25, -0.2) is 0 Å². The summed E-state index contributed by atoms with van der Waals surface area (Å²) in [5, 5.41) is 2.96. The molecule has 0 heterocycles. The van der Waals surface area contributed by atoms with Gasteiger partial charge in [0.25, 0.3) is 0 Å². The van der Waals surface area contributed by atoms with E-state index in [-0.39, 0.29) is 17.9 Å². The molecule has 0 radical (unpaired) electrons. The molecule has 0 aliphatic rings. The average molecular weight is 305 g/mol. The molecular formula is C16H27N5O. The molecule has 0 spiro atoms. The van der Waals surface area contributed by atoms with Crippen molar-refractivity contribution >= 4 is 11.9 Å². The number of aliphatic imine (C=N–C) groups is 1. The van der Waals surface area contributed by atoms with E-state index in [4.69, 9.17) is 17.2 Å². The van der Waals surface area contributed by atoms with Crippen LogP contribution in [0.5, 0.6) is 0 Å². The molecule has 1 aromatic carbocycles. The fraction of sp³-hybridized carbons (Fsp3) is 0.500. The number of rotatable bonds is 9. The molecule has 0 bridgehead atoms. The van der Waals surface area contributed by atoms with Gasteiger partial charge < -0.3 is 22.5 Å². The molecule has 1 amide bonds. The summed E-state index contributed by atoms with van der Waals surface area (Å²) in [6.07, 6.45) is 3.06. The minimum atomic E-state index is -0.488. The van der Waals surface area contributed by atoms with Gasteiger partial charge in [0.05, 0.1) is 6.04 Å². The van der Waals surface area contributed by atoms with Crippen LogP contribution in [-0.2, 0) is 11.2 Å². The first kappa shape index (κ1) is 18.0. The zero-order valence-corrected chi connectivity index (χ0v) is 13.2. The van der Waals surface area contributed by atoms with Crippen LogP contribution in [0.4, 0.5) is 0 Å². The lowest BCUT2D eigenvalue weighted by Gasteiger charge is -2.17. The predicted octanol–water partition coefficient (Wildman–Crippen LogP) is 0.505. The number of nitrogens with two attached hydrogens (primary N) is 3. The molecule has 7 N–H and O–H groups in total. The lowest BCUT2D eigenvalue weighted by Crippen LogP contribution is -2.45. The SMILES string of the molecule is C[C@H](Cc1ccccc1)NC(=O)[C@@H](N)CCCCN=C(N)N. The van der Waals surface area contributed by atoms with Gasteiger partial charge in [0, 0.05) is 12.6 Å². The molecule has 22 heavy (non-hydrogen) atoms. The summed E-state index contributed by atoms with van der Waals surface area (Å²) in [5.74, 6) is -0.0120. The zero-order valence-electron chi connectivity index (χ0n) is 13.2. The van der Waals surface area contributed by atoms with Crippen LogP contribution in [0, 0.1) is 0 Å². The maximum absolute atomic E-state index is 12.0. The predicted molar refractivity (Wildman–Crippen MR) is 90.3 cm³/mol. The lowest BCUT2D eigenvalue weighted by atomic mass is 10.1. The normalized spacial score (nSPS) is 13.2. The van der Waals surface area contributed by atoms with E-state index in [1.165, 1.54) is 5.56 Å². The number of guanidine groups is 1. The highest BCUT2D eigenvalue weighted by molar-refractivity contribution is 5.81. The van der Waals surface area contributed by atoms with Crippen LogP contribution in [0.15, 0.2) is 35.3 Å². The zero-order chi connectivity index (χ0) is 16.4. The van der Waals surface area contributed by atoms with E-state index >= 15 is 0 Å². The fourth-order valence-electron chi connectivity index (χ4n) is 2.18. The molecule has 0 aliphatic heterocycles. The molecule has 0 saturated carbocycles.